The molecule has 1 aromatic rings. The molecule has 30 heavy (non-hydrogen) atoms. The lowest BCUT2D eigenvalue weighted by Crippen LogP contribution is -2.69. The topological polar surface area (TPSA) is 57.2 Å². The Labute approximate surface area is 181 Å². The Kier molecular flexibility index (Phi) is 4.41. The van der Waals surface area contributed by atoms with Crippen LogP contribution in [0.5, 0.6) is 5.75 Å². The molecule has 2 aliphatic carbocycles. The van der Waals surface area contributed by atoms with Crippen LogP contribution in [0.3, 0.4) is 0 Å². The number of rotatable bonds is 4. The molecular formula is C24H36O5Si. The molecule has 4 bridgehead atoms. The zero-order valence-corrected chi connectivity index (χ0v) is 20.5. The molecule has 0 amide bonds. The summed E-state index contributed by atoms with van der Waals surface area (Å²) in [6.07, 6.45) is -0.357. The average molecular weight is 433 g/mol. The highest BCUT2D eigenvalue weighted by Gasteiger charge is 2.75. The van der Waals surface area contributed by atoms with Crippen LogP contribution >= 0.6 is 0 Å². The number of fused-ring (bicyclic) bond motifs is 3. The van der Waals surface area contributed by atoms with E-state index in [1.165, 1.54) is 16.7 Å². The van der Waals surface area contributed by atoms with Crippen LogP contribution in [0.25, 0.3) is 0 Å². The van der Waals surface area contributed by atoms with Crippen LogP contribution in [0.1, 0.15) is 56.4 Å². The first kappa shape index (κ1) is 21.0. The van der Waals surface area contributed by atoms with E-state index in [4.69, 9.17) is 18.6 Å². The molecule has 3 heterocycles. The zero-order chi connectivity index (χ0) is 21.8. The van der Waals surface area contributed by atoms with Crippen LogP contribution in [-0.2, 0) is 13.9 Å². The molecule has 1 N–H and O–H groups in total. The second-order valence-corrected chi connectivity index (χ2v) is 16.1. The van der Waals surface area contributed by atoms with E-state index in [9.17, 15) is 5.11 Å². The van der Waals surface area contributed by atoms with Crippen LogP contribution in [0, 0.1) is 24.2 Å². The number of aliphatic hydroxyl groups is 1. The lowest BCUT2D eigenvalue weighted by Gasteiger charge is -2.62. The maximum atomic E-state index is 11.0. The first-order valence-electron chi connectivity index (χ1n) is 11.3. The molecule has 4 fully saturated rings. The molecule has 6 heteroatoms. The zero-order valence-electron chi connectivity index (χ0n) is 19.5. The molecule has 3 aliphatic heterocycles. The van der Waals surface area contributed by atoms with Crippen molar-refractivity contribution in [3.8, 4) is 5.75 Å². The summed E-state index contributed by atoms with van der Waals surface area (Å²) in [5.41, 5.74) is 3.22. The van der Waals surface area contributed by atoms with E-state index in [1.54, 1.807) is 7.11 Å². The van der Waals surface area contributed by atoms with Gasteiger partial charge in [-0.15, -0.1) is 0 Å². The van der Waals surface area contributed by atoms with Gasteiger partial charge >= 0.3 is 0 Å². The van der Waals surface area contributed by atoms with Crippen molar-refractivity contribution >= 4 is 8.32 Å². The summed E-state index contributed by atoms with van der Waals surface area (Å²) in [6.45, 7) is 15.7. The third-order valence-electron chi connectivity index (χ3n) is 9.11. The maximum absolute atomic E-state index is 11.0. The van der Waals surface area contributed by atoms with Gasteiger partial charge in [0.2, 0.25) is 0 Å². The largest absolute Gasteiger partial charge is 0.497 e. The molecule has 8 atom stereocenters. The summed E-state index contributed by atoms with van der Waals surface area (Å²) in [7, 11) is -0.381. The molecule has 166 valence electrons. The Balaban J connectivity index is 1.66. The normalized spacial score (nSPS) is 41.3. The molecule has 6 rings (SSSR count). The van der Waals surface area contributed by atoms with Crippen molar-refractivity contribution in [3.05, 3.63) is 28.8 Å². The number of hydrogen-bond donors (Lipinski definition) is 1. The third kappa shape index (κ3) is 2.37. The Morgan fingerprint density at radius 3 is 2.47 bits per heavy atom. The van der Waals surface area contributed by atoms with Crippen LogP contribution in [0.15, 0.2) is 12.1 Å². The van der Waals surface area contributed by atoms with E-state index in [1.807, 2.05) is 0 Å². The quantitative estimate of drug-likeness (QED) is 0.709. The predicted octanol–water partition coefficient (Wildman–Crippen LogP) is 4.53. The van der Waals surface area contributed by atoms with Gasteiger partial charge in [0.1, 0.15) is 5.75 Å². The average Bonchev–Trinajstić information content (AvgIpc) is 3.15. The first-order chi connectivity index (χ1) is 14.0. The van der Waals surface area contributed by atoms with Crippen molar-refractivity contribution in [1.82, 2.24) is 0 Å². The summed E-state index contributed by atoms with van der Waals surface area (Å²) >= 11 is 0. The van der Waals surface area contributed by atoms with E-state index in [2.05, 4.69) is 59.8 Å². The highest BCUT2D eigenvalue weighted by molar-refractivity contribution is 6.74. The van der Waals surface area contributed by atoms with Gasteiger partial charge < -0.3 is 23.7 Å². The summed E-state index contributed by atoms with van der Waals surface area (Å²) in [5.74, 6) is 1.41. The van der Waals surface area contributed by atoms with Crippen LogP contribution in [0.2, 0.25) is 18.1 Å². The van der Waals surface area contributed by atoms with E-state index >= 15 is 0 Å². The lowest BCUT2D eigenvalue weighted by atomic mass is 9.53. The second-order valence-electron chi connectivity index (χ2n) is 11.4. The van der Waals surface area contributed by atoms with Gasteiger partial charge in [0.05, 0.1) is 37.4 Å². The van der Waals surface area contributed by atoms with Gasteiger partial charge in [-0.1, -0.05) is 27.7 Å². The van der Waals surface area contributed by atoms with Crippen molar-refractivity contribution in [2.24, 2.45) is 17.3 Å². The fourth-order valence-corrected chi connectivity index (χ4v) is 7.62. The first-order valence-corrected chi connectivity index (χ1v) is 14.2. The number of methoxy groups -OCH3 is 1. The maximum Gasteiger partial charge on any atom is 0.195 e. The molecule has 5 aliphatic rings. The molecular weight excluding hydrogens is 396 g/mol. The number of ether oxygens (including phenoxy) is 3. The molecule has 3 unspecified atom stereocenters. The van der Waals surface area contributed by atoms with Crippen molar-refractivity contribution in [1.29, 1.82) is 0 Å². The van der Waals surface area contributed by atoms with Gasteiger partial charge in [-0.3, -0.25) is 0 Å². The summed E-state index contributed by atoms with van der Waals surface area (Å²) < 4.78 is 25.8. The predicted molar refractivity (Wildman–Crippen MR) is 117 cm³/mol. The van der Waals surface area contributed by atoms with Gasteiger partial charge in [0.25, 0.3) is 0 Å². The van der Waals surface area contributed by atoms with Crippen LogP contribution in [0.4, 0.5) is 0 Å². The SMILES string of the molecule is COc1cc(C)c2c(c1)C1C3[C@H]4O[C@H](O[Si](C)(C)C(C)(C)C)[C@]1(CO)[C@@H](C)C4O[C@@H]23. The molecule has 1 aromatic carbocycles. The summed E-state index contributed by atoms with van der Waals surface area (Å²) in [6, 6.07) is 4.26. The Bertz CT molecular complexity index is 877. The fourth-order valence-electron chi connectivity index (χ4n) is 6.45. The molecule has 5 nitrogen and oxygen atoms in total. The van der Waals surface area contributed by atoms with Crippen molar-refractivity contribution in [2.45, 2.75) is 83.3 Å². The van der Waals surface area contributed by atoms with Gasteiger partial charge in [-0.05, 0) is 59.8 Å². The van der Waals surface area contributed by atoms with E-state index in [-0.39, 0.29) is 47.7 Å². The fraction of sp³-hybridized carbons (Fsp3) is 0.750. The van der Waals surface area contributed by atoms with Crippen molar-refractivity contribution in [3.63, 3.8) is 0 Å². The standard InChI is InChI=1S/C24H36O5Si/c1-12-9-14(26-6)10-15-16(12)20-17-18(15)24(11-25)13(2)19(27-20)21(17)28-22(24)29-30(7,8)23(3,4)5/h9-10,13,17-22,25H,11H2,1-8H3/t13-,17?,18?,19?,20-,21+,22+,24+/m0/s1. The molecule has 0 radical (unpaired) electrons. The van der Waals surface area contributed by atoms with Gasteiger partial charge in [-0.2, -0.15) is 0 Å². The van der Waals surface area contributed by atoms with Gasteiger partial charge in [-0.25, -0.2) is 0 Å². The van der Waals surface area contributed by atoms with E-state index in [0.717, 1.165) is 5.75 Å². The van der Waals surface area contributed by atoms with Crippen LogP contribution < -0.4 is 4.74 Å². The second kappa shape index (κ2) is 6.32. The highest BCUT2D eigenvalue weighted by Crippen LogP contribution is 2.73. The van der Waals surface area contributed by atoms with Crippen LogP contribution in [-0.4, -0.2) is 45.6 Å². The lowest BCUT2D eigenvalue weighted by molar-refractivity contribution is -0.319. The summed E-state index contributed by atoms with van der Waals surface area (Å²) in [5, 5.41) is 11.0. The van der Waals surface area contributed by atoms with Crippen molar-refractivity contribution in [2.75, 3.05) is 13.7 Å². The molecule has 3 saturated heterocycles. The van der Waals surface area contributed by atoms with Crippen molar-refractivity contribution < 1.29 is 23.7 Å². The minimum absolute atomic E-state index is 0.0102. The third-order valence-corrected chi connectivity index (χ3v) is 13.5. The smallest absolute Gasteiger partial charge is 0.195 e. The molecule has 1 saturated carbocycles. The number of aliphatic hydroxyl groups excluding tert-OH is 1. The van der Waals surface area contributed by atoms with E-state index in [0.29, 0.717) is 0 Å². The Morgan fingerprint density at radius 2 is 1.87 bits per heavy atom. The monoisotopic (exact) mass is 432 g/mol. The number of aryl methyl sites for hydroxylation is 1. The minimum Gasteiger partial charge on any atom is -0.497 e. The Hall–Kier alpha value is -0.923. The molecule has 0 aromatic heterocycles. The van der Waals surface area contributed by atoms with Gasteiger partial charge in [0.15, 0.2) is 14.6 Å². The number of hydrogen-bond acceptors (Lipinski definition) is 5. The van der Waals surface area contributed by atoms with E-state index < -0.39 is 20.0 Å². The highest BCUT2D eigenvalue weighted by atomic mass is 28.4. The molecule has 0 spiro atoms. The summed E-state index contributed by atoms with van der Waals surface area (Å²) in [4.78, 5) is 0. The number of benzene rings is 1. The van der Waals surface area contributed by atoms with Gasteiger partial charge in [0, 0.05) is 11.8 Å². The Morgan fingerprint density at radius 1 is 1.17 bits per heavy atom. The minimum atomic E-state index is -2.10.